The van der Waals surface area contributed by atoms with Crippen molar-refractivity contribution >= 4 is 56.1 Å². The number of aliphatic hydroxyl groups excluding tert-OH is 1. The van der Waals surface area contributed by atoms with Crippen molar-refractivity contribution in [3.8, 4) is 6.07 Å². The van der Waals surface area contributed by atoms with Crippen LogP contribution >= 0.6 is 34.7 Å². The first-order valence-electron chi connectivity index (χ1n) is 7.47. The smallest absolute Gasteiger partial charge is 0.196 e. The Kier molecular flexibility index (Phi) is 4.51. The number of thioether (sulfide) groups is 1. The van der Waals surface area contributed by atoms with Gasteiger partial charge in [-0.2, -0.15) is 5.26 Å². The van der Waals surface area contributed by atoms with Crippen molar-refractivity contribution < 1.29 is 5.11 Å². The van der Waals surface area contributed by atoms with Crippen molar-refractivity contribution in [2.45, 2.75) is 5.16 Å². The highest BCUT2D eigenvalue weighted by molar-refractivity contribution is 7.99. The fourth-order valence-corrected chi connectivity index (χ4v) is 4.30. The van der Waals surface area contributed by atoms with Gasteiger partial charge in [0, 0.05) is 11.2 Å². The van der Waals surface area contributed by atoms with Crippen LogP contribution in [0.15, 0.2) is 53.5 Å². The van der Waals surface area contributed by atoms with Crippen LogP contribution in [0.4, 0.5) is 0 Å². The van der Waals surface area contributed by atoms with E-state index in [4.69, 9.17) is 11.6 Å². The molecule has 0 atom stereocenters. The number of halogens is 1. The number of nitriles is 1. The molecule has 0 saturated carbocycles. The van der Waals surface area contributed by atoms with Crippen LogP contribution in [0.2, 0.25) is 5.02 Å². The molecular formula is C17H10ClN5OS2. The molecule has 0 aliphatic rings. The lowest BCUT2D eigenvalue weighted by Crippen LogP contribution is -1.94. The first-order chi connectivity index (χ1) is 12.7. The van der Waals surface area contributed by atoms with Crippen LogP contribution in [-0.2, 0) is 0 Å². The molecule has 0 aliphatic heterocycles. The fourth-order valence-electron chi connectivity index (χ4n) is 2.37. The zero-order chi connectivity index (χ0) is 18.1. The maximum Gasteiger partial charge on any atom is 0.196 e. The highest BCUT2D eigenvalue weighted by Gasteiger charge is 2.15. The minimum Gasteiger partial charge on any atom is -0.510 e. The van der Waals surface area contributed by atoms with Gasteiger partial charge in [-0.3, -0.25) is 4.40 Å². The monoisotopic (exact) mass is 399 g/mol. The predicted molar refractivity (Wildman–Crippen MR) is 104 cm³/mol. The second-order valence-electron chi connectivity index (χ2n) is 5.26. The van der Waals surface area contributed by atoms with E-state index in [0.717, 1.165) is 10.3 Å². The molecule has 0 aliphatic carbocycles. The van der Waals surface area contributed by atoms with E-state index in [1.165, 1.54) is 23.1 Å². The number of aromatic nitrogens is 4. The van der Waals surface area contributed by atoms with Crippen LogP contribution in [0.25, 0.3) is 21.4 Å². The molecule has 0 radical (unpaired) electrons. The zero-order valence-electron chi connectivity index (χ0n) is 13.1. The number of benzene rings is 1. The molecule has 1 aromatic carbocycles. The summed E-state index contributed by atoms with van der Waals surface area (Å²) in [5.41, 5.74) is 1.58. The molecule has 26 heavy (non-hydrogen) atoms. The van der Waals surface area contributed by atoms with E-state index in [2.05, 4.69) is 15.2 Å². The number of fused-ring (bicyclic) bond motifs is 2. The Morgan fingerprint density at radius 3 is 3.04 bits per heavy atom. The predicted octanol–water partition coefficient (Wildman–Crippen LogP) is 4.58. The SMILES string of the molecule is N#C/C(=C(/O)CSc1nnc2ccccn12)c1nc2cc(Cl)ccc2s1. The minimum atomic E-state index is -0.0460. The van der Waals surface area contributed by atoms with Gasteiger partial charge in [-0.05, 0) is 30.3 Å². The minimum absolute atomic E-state index is 0.0460. The van der Waals surface area contributed by atoms with E-state index in [1.54, 1.807) is 12.1 Å². The van der Waals surface area contributed by atoms with Crippen LogP contribution in [0, 0.1) is 11.3 Å². The molecule has 0 saturated heterocycles. The van der Waals surface area contributed by atoms with Crippen molar-refractivity contribution in [1.82, 2.24) is 19.6 Å². The van der Waals surface area contributed by atoms with E-state index >= 15 is 0 Å². The average Bonchev–Trinajstić information content (AvgIpc) is 3.24. The zero-order valence-corrected chi connectivity index (χ0v) is 15.5. The van der Waals surface area contributed by atoms with Gasteiger partial charge in [-0.1, -0.05) is 29.4 Å². The van der Waals surface area contributed by atoms with Gasteiger partial charge >= 0.3 is 0 Å². The van der Waals surface area contributed by atoms with Crippen molar-refractivity contribution in [2.75, 3.05) is 5.75 Å². The fraction of sp³-hybridized carbons (Fsp3) is 0.0588. The molecule has 0 spiro atoms. The maximum absolute atomic E-state index is 10.4. The topological polar surface area (TPSA) is 87.1 Å². The molecule has 3 heterocycles. The average molecular weight is 400 g/mol. The van der Waals surface area contributed by atoms with Gasteiger partial charge in [-0.25, -0.2) is 4.98 Å². The number of allylic oxidation sites excluding steroid dienone is 1. The standard InChI is InChI=1S/C17H10ClN5OS2/c18-10-4-5-14-12(7-10)20-16(26-14)11(8-19)13(24)9-25-17-22-21-15-3-1-2-6-23(15)17/h1-7,24H,9H2/b13-11-. The molecule has 4 rings (SSSR count). The van der Waals surface area contributed by atoms with Crippen molar-refractivity contribution in [1.29, 1.82) is 5.26 Å². The van der Waals surface area contributed by atoms with E-state index in [-0.39, 0.29) is 17.1 Å². The molecule has 3 aromatic heterocycles. The molecular weight excluding hydrogens is 390 g/mol. The second kappa shape index (κ2) is 6.96. The summed E-state index contributed by atoms with van der Waals surface area (Å²) >= 11 is 8.62. The van der Waals surface area contributed by atoms with Crippen LogP contribution < -0.4 is 0 Å². The van der Waals surface area contributed by atoms with E-state index in [9.17, 15) is 10.4 Å². The van der Waals surface area contributed by atoms with Crippen molar-refractivity contribution in [2.24, 2.45) is 0 Å². The molecule has 6 nitrogen and oxygen atoms in total. The number of nitrogens with zero attached hydrogens (tertiary/aromatic N) is 5. The third kappa shape index (κ3) is 3.12. The van der Waals surface area contributed by atoms with Gasteiger partial charge < -0.3 is 5.11 Å². The largest absolute Gasteiger partial charge is 0.510 e. The van der Waals surface area contributed by atoms with Gasteiger partial charge in [-0.15, -0.1) is 21.5 Å². The normalized spacial score (nSPS) is 12.3. The molecule has 128 valence electrons. The number of thiazole rings is 1. The number of hydrogen-bond acceptors (Lipinski definition) is 7. The summed E-state index contributed by atoms with van der Waals surface area (Å²) in [4.78, 5) is 4.41. The summed E-state index contributed by atoms with van der Waals surface area (Å²) in [7, 11) is 0. The van der Waals surface area contributed by atoms with Gasteiger partial charge in [0.1, 0.15) is 22.4 Å². The first kappa shape index (κ1) is 16.8. The lowest BCUT2D eigenvalue weighted by Gasteiger charge is -2.01. The van der Waals surface area contributed by atoms with Gasteiger partial charge in [0.15, 0.2) is 10.8 Å². The molecule has 0 unspecified atom stereocenters. The summed E-state index contributed by atoms with van der Waals surface area (Å²) in [5.74, 6) is 0.144. The Bertz CT molecular complexity index is 1190. The number of hydrogen-bond donors (Lipinski definition) is 1. The molecule has 4 aromatic rings. The molecule has 9 heteroatoms. The molecule has 0 bridgehead atoms. The summed E-state index contributed by atoms with van der Waals surface area (Å²) in [6.07, 6.45) is 1.85. The van der Waals surface area contributed by atoms with Crippen molar-refractivity contribution in [3.63, 3.8) is 0 Å². The van der Waals surface area contributed by atoms with Gasteiger partial charge in [0.2, 0.25) is 0 Å². The Balaban J connectivity index is 1.63. The summed E-state index contributed by atoms with van der Waals surface area (Å²) in [6.45, 7) is 0. The Morgan fingerprint density at radius 1 is 1.31 bits per heavy atom. The Morgan fingerprint density at radius 2 is 2.19 bits per heavy atom. The van der Waals surface area contributed by atoms with Crippen LogP contribution in [0.1, 0.15) is 5.01 Å². The highest BCUT2D eigenvalue weighted by Crippen LogP contribution is 2.31. The highest BCUT2D eigenvalue weighted by atomic mass is 35.5. The summed E-state index contributed by atoms with van der Waals surface area (Å²) < 4.78 is 2.73. The van der Waals surface area contributed by atoms with Gasteiger partial charge in [0.05, 0.1) is 16.0 Å². The van der Waals surface area contributed by atoms with E-state index in [1.807, 2.05) is 40.9 Å². The Labute approximate surface area is 161 Å². The number of pyridine rings is 1. The van der Waals surface area contributed by atoms with Gasteiger partial charge in [0.25, 0.3) is 0 Å². The first-order valence-corrected chi connectivity index (χ1v) is 9.65. The maximum atomic E-state index is 10.4. The molecule has 0 fully saturated rings. The molecule has 1 N–H and O–H groups in total. The van der Waals surface area contributed by atoms with Crippen molar-refractivity contribution in [3.05, 3.63) is 58.4 Å². The van der Waals surface area contributed by atoms with E-state index in [0.29, 0.717) is 20.7 Å². The number of rotatable bonds is 4. The second-order valence-corrected chi connectivity index (χ2v) is 7.67. The van der Waals surface area contributed by atoms with Crippen LogP contribution in [0.5, 0.6) is 0 Å². The lowest BCUT2D eigenvalue weighted by molar-refractivity contribution is 0.420. The van der Waals surface area contributed by atoms with E-state index < -0.39 is 0 Å². The number of aliphatic hydroxyl groups is 1. The lowest BCUT2D eigenvalue weighted by atomic mass is 10.2. The summed E-state index contributed by atoms with van der Waals surface area (Å²) in [5, 5.41) is 29.8. The molecule has 0 amide bonds. The van der Waals surface area contributed by atoms with Crippen LogP contribution in [-0.4, -0.2) is 30.4 Å². The summed E-state index contributed by atoms with van der Waals surface area (Å²) in [6, 6.07) is 13.0. The third-order valence-corrected chi connectivity index (χ3v) is 5.83. The van der Waals surface area contributed by atoms with Crippen LogP contribution in [0.3, 0.4) is 0 Å². The third-order valence-electron chi connectivity index (χ3n) is 3.58. The Hall–Kier alpha value is -2.60. The quantitative estimate of drug-likeness (QED) is 0.307.